The molecule has 0 bridgehead atoms. The van der Waals surface area contributed by atoms with E-state index in [-0.39, 0.29) is 36.5 Å². The molecule has 0 aliphatic heterocycles. The molecule has 1 aliphatic rings. The lowest BCUT2D eigenvalue weighted by Crippen LogP contribution is -2.19. The van der Waals surface area contributed by atoms with E-state index in [1.165, 1.54) is 14.2 Å². The predicted molar refractivity (Wildman–Crippen MR) is 154 cm³/mol. The second kappa shape index (κ2) is 13.6. The molecule has 0 aromatic carbocycles. The number of rotatable bonds is 10. The topological polar surface area (TPSA) is 154 Å². The molecule has 1 fully saturated rings. The number of methoxy groups -OCH3 is 2. The number of pyridine rings is 2. The Morgan fingerprint density at radius 3 is 1.57 bits per heavy atom. The average molecular weight is 569 g/mol. The van der Waals surface area contributed by atoms with Crippen LogP contribution in [0.15, 0.2) is 60.7 Å². The molecule has 0 saturated heterocycles. The second-order valence-electron chi connectivity index (χ2n) is 10.0. The number of nitrogens with one attached hydrogen (secondary N) is 2. The molecule has 216 valence electrons. The highest BCUT2D eigenvalue weighted by molar-refractivity contribution is 5.91. The zero-order valence-corrected chi connectivity index (χ0v) is 23.5. The summed E-state index contributed by atoms with van der Waals surface area (Å²) >= 11 is 0. The minimum absolute atomic E-state index is 0.105. The third-order valence-corrected chi connectivity index (χ3v) is 7.08. The molecule has 1 saturated carbocycles. The maximum Gasteiger partial charge on any atom is 0.231 e. The van der Waals surface area contributed by atoms with E-state index in [9.17, 15) is 9.59 Å². The Hall–Kier alpha value is -5.00. The van der Waals surface area contributed by atoms with Crippen LogP contribution in [0.25, 0.3) is 0 Å². The first-order valence-corrected chi connectivity index (χ1v) is 13.8. The van der Waals surface area contributed by atoms with Crippen molar-refractivity contribution >= 4 is 23.5 Å². The molecule has 4 heterocycles. The maximum atomic E-state index is 12.5. The fourth-order valence-corrected chi connectivity index (χ4v) is 5.02. The van der Waals surface area contributed by atoms with Crippen LogP contribution in [0, 0.1) is 0 Å². The van der Waals surface area contributed by atoms with E-state index in [2.05, 4.69) is 41.0 Å². The lowest BCUT2D eigenvalue weighted by Gasteiger charge is -2.28. The molecule has 0 radical (unpaired) electrons. The van der Waals surface area contributed by atoms with E-state index in [1.807, 2.05) is 12.1 Å². The van der Waals surface area contributed by atoms with Crippen molar-refractivity contribution in [1.29, 1.82) is 0 Å². The summed E-state index contributed by atoms with van der Waals surface area (Å²) in [5.41, 5.74) is 2.98. The van der Waals surface area contributed by atoms with Crippen molar-refractivity contribution in [2.75, 3.05) is 24.9 Å². The fraction of sp³-hybridized carbons (Fsp3) is 0.333. The van der Waals surface area contributed by atoms with Crippen molar-refractivity contribution in [2.24, 2.45) is 0 Å². The molecule has 12 heteroatoms. The quantitative estimate of drug-likeness (QED) is 0.288. The molecule has 0 spiro atoms. The van der Waals surface area contributed by atoms with E-state index >= 15 is 0 Å². The van der Waals surface area contributed by atoms with Gasteiger partial charge in [0.15, 0.2) is 11.6 Å². The van der Waals surface area contributed by atoms with Crippen LogP contribution in [0.4, 0.5) is 11.6 Å². The summed E-state index contributed by atoms with van der Waals surface area (Å²) in [4.78, 5) is 33.4. The Bertz CT molecular complexity index is 1400. The first-order chi connectivity index (χ1) is 20.5. The Labute approximate surface area is 243 Å². The van der Waals surface area contributed by atoms with Crippen LogP contribution in [-0.2, 0) is 22.4 Å². The number of hydrogen-bond donors (Lipinski definition) is 2. The van der Waals surface area contributed by atoms with Crippen LogP contribution < -0.4 is 20.1 Å². The molecule has 0 unspecified atom stereocenters. The van der Waals surface area contributed by atoms with Gasteiger partial charge in [-0.2, -0.15) is 10.2 Å². The number of carbonyl (C=O) groups excluding carboxylic acids is 2. The van der Waals surface area contributed by atoms with Crippen LogP contribution >= 0.6 is 0 Å². The molecule has 4 aromatic heterocycles. The van der Waals surface area contributed by atoms with Gasteiger partial charge in [-0.15, -0.1) is 10.2 Å². The van der Waals surface area contributed by atoms with Crippen molar-refractivity contribution < 1.29 is 19.1 Å². The van der Waals surface area contributed by atoms with Crippen LogP contribution in [0.2, 0.25) is 0 Å². The predicted octanol–water partition coefficient (Wildman–Crippen LogP) is 3.88. The van der Waals surface area contributed by atoms with Crippen molar-refractivity contribution in [2.45, 2.75) is 50.4 Å². The Morgan fingerprint density at radius 2 is 1.17 bits per heavy atom. The maximum absolute atomic E-state index is 12.5. The highest BCUT2D eigenvalue weighted by Gasteiger charge is 2.27. The van der Waals surface area contributed by atoms with Gasteiger partial charge in [0, 0.05) is 24.0 Å². The van der Waals surface area contributed by atoms with Crippen molar-refractivity contribution in [3.63, 3.8) is 0 Å². The molecular formula is C30H32N8O4. The van der Waals surface area contributed by atoms with Crippen molar-refractivity contribution in [3.05, 3.63) is 83.4 Å². The normalized spacial score (nSPS) is 16.3. The minimum Gasteiger partial charge on any atom is -0.481 e. The van der Waals surface area contributed by atoms with E-state index in [0.717, 1.165) is 37.1 Å². The lowest BCUT2D eigenvalue weighted by atomic mass is 9.78. The number of hydrogen-bond acceptors (Lipinski definition) is 10. The molecule has 4 aromatic rings. The van der Waals surface area contributed by atoms with Gasteiger partial charge in [-0.25, -0.2) is 9.97 Å². The van der Waals surface area contributed by atoms with Crippen LogP contribution in [0.3, 0.4) is 0 Å². The van der Waals surface area contributed by atoms with Gasteiger partial charge >= 0.3 is 0 Å². The molecule has 2 N–H and O–H groups in total. The number of nitrogens with zero attached hydrogens (tertiary/aromatic N) is 6. The number of ether oxygens (including phenoxy) is 2. The van der Waals surface area contributed by atoms with Crippen molar-refractivity contribution in [3.8, 4) is 11.8 Å². The van der Waals surface area contributed by atoms with E-state index < -0.39 is 0 Å². The van der Waals surface area contributed by atoms with Crippen LogP contribution in [-0.4, -0.2) is 56.4 Å². The van der Waals surface area contributed by atoms with Gasteiger partial charge < -0.3 is 20.1 Å². The van der Waals surface area contributed by atoms with Crippen LogP contribution in [0.5, 0.6) is 11.8 Å². The van der Waals surface area contributed by atoms with Gasteiger partial charge in [-0.05, 0) is 55.7 Å². The number of aromatic nitrogens is 6. The summed E-state index contributed by atoms with van der Waals surface area (Å²) in [6, 6.07) is 18.0. The van der Waals surface area contributed by atoms with Gasteiger partial charge in [0.05, 0.1) is 49.8 Å². The first-order valence-electron chi connectivity index (χ1n) is 13.8. The van der Waals surface area contributed by atoms with Gasteiger partial charge in [0.2, 0.25) is 23.6 Å². The smallest absolute Gasteiger partial charge is 0.231 e. The van der Waals surface area contributed by atoms with E-state index in [4.69, 9.17) is 9.47 Å². The second-order valence-corrected chi connectivity index (χ2v) is 10.0. The number of anilines is 2. The molecule has 2 atom stereocenters. The van der Waals surface area contributed by atoms with Crippen molar-refractivity contribution in [1.82, 2.24) is 30.4 Å². The number of carbonyl (C=O) groups is 2. The van der Waals surface area contributed by atoms with Gasteiger partial charge in [-0.1, -0.05) is 18.6 Å². The molecular weight excluding hydrogens is 536 g/mol. The highest BCUT2D eigenvalue weighted by atomic mass is 16.5. The average Bonchev–Trinajstić information content (AvgIpc) is 3.02. The Morgan fingerprint density at radius 1 is 0.690 bits per heavy atom. The zero-order valence-electron chi connectivity index (χ0n) is 23.5. The molecule has 2 amide bonds. The Balaban J connectivity index is 1.13. The summed E-state index contributed by atoms with van der Waals surface area (Å²) in [6.07, 6.45) is 4.10. The zero-order chi connectivity index (χ0) is 29.3. The van der Waals surface area contributed by atoms with Gasteiger partial charge in [0.1, 0.15) is 0 Å². The van der Waals surface area contributed by atoms with E-state index in [0.29, 0.717) is 34.8 Å². The summed E-state index contributed by atoms with van der Waals surface area (Å²) in [7, 11) is 3.07. The molecule has 1 aliphatic carbocycles. The standard InChI is InChI=1S/C30H32N8O4/c1-41-29-10-4-8-21(31-29)17-27(39)33-25-14-12-23(35-37-25)19-6-3-7-20(16-19)24-13-15-26(38-36-24)34-28(40)18-22-9-5-11-30(32-22)42-2/h4-5,8-15,19-20H,3,6-7,16-18H2,1-2H3,(H,33,37,39)(H,34,38,40)/t19-,20-/m0/s1. The summed E-state index contributed by atoms with van der Waals surface area (Å²) < 4.78 is 10.2. The lowest BCUT2D eigenvalue weighted by molar-refractivity contribution is -0.116. The molecule has 42 heavy (non-hydrogen) atoms. The SMILES string of the molecule is COc1cccc(CC(=O)Nc2ccc([C@H]3CCC[C@H](c4ccc(NC(=O)Cc5cccc(OC)n5)nn4)C3)nn2)n1. The minimum atomic E-state index is -0.231. The summed E-state index contributed by atoms with van der Waals surface area (Å²) in [5, 5.41) is 22.9. The third-order valence-electron chi connectivity index (χ3n) is 7.08. The highest BCUT2D eigenvalue weighted by Crippen LogP contribution is 2.40. The fourth-order valence-electron chi connectivity index (χ4n) is 5.02. The Kier molecular flexibility index (Phi) is 9.22. The molecule has 12 nitrogen and oxygen atoms in total. The van der Waals surface area contributed by atoms with Crippen LogP contribution in [0.1, 0.15) is 60.3 Å². The molecule has 5 rings (SSSR count). The summed E-state index contributed by atoms with van der Waals surface area (Å²) in [6.45, 7) is 0. The monoisotopic (exact) mass is 568 g/mol. The largest absolute Gasteiger partial charge is 0.481 e. The first kappa shape index (κ1) is 28.5. The van der Waals surface area contributed by atoms with Gasteiger partial charge in [-0.3, -0.25) is 9.59 Å². The van der Waals surface area contributed by atoms with E-state index in [1.54, 1.807) is 48.5 Å². The number of amides is 2. The third kappa shape index (κ3) is 7.59. The summed E-state index contributed by atoms with van der Waals surface area (Å²) in [5.74, 6) is 1.69. The van der Waals surface area contributed by atoms with Gasteiger partial charge in [0.25, 0.3) is 0 Å².